The molecular formula is C31H28N2O5S. The summed E-state index contributed by atoms with van der Waals surface area (Å²) in [6, 6.07) is 17.4. The summed E-state index contributed by atoms with van der Waals surface area (Å²) in [5, 5.41) is 17.9. The smallest absolute Gasteiger partial charge is 0.336 e. The Hall–Kier alpha value is -4.43. The van der Waals surface area contributed by atoms with Crippen molar-refractivity contribution in [3.63, 3.8) is 0 Å². The summed E-state index contributed by atoms with van der Waals surface area (Å²) < 4.78 is 6.02. The number of anilines is 1. The number of carboxylic acid groups (broad SMARTS) is 1. The molecule has 0 fully saturated rings. The molecule has 1 aromatic heterocycles. The first-order chi connectivity index (χ1) is 18.7. The molecule has 0 saturated heterocycles. The predicted octanol–water partition coefficient (Wildman–Crippen LogP) is 6.62. The fourth-order valence-electron chi connectivity index (χ4n) is 4.46. The number of ether oxygens (including phenoxy) is 1. The van der Waals surface area contributed by atoms with Crippen LogP contribution in [0.25, 0.3) is 21.6 Å². The highest BCUT2D eigenvalue weighted by molar-refractivity contribution is 7.13. The maximum absolute atomic E-state index is 13.7. The standard InChI is InChI=1S/C31H28N2O5S/c1-17(2)15-32-29(34)19-6-9-22(25(12-19)31(36)37)23-14-27-26(28-20(16-38-27)10-11-39-28)13-24(23)30(35)33-21-7-4-18(3)5-8-21/h4-14,17H,15-16H2,1-3H3,(H,32,34)(H,33,35)(H,36,37). The fourth-order valence-corrected chi connectivity index (χ4v) is 5.39. The van der Waals surface area contributed by atoms with Gasteiger partial charge in [0, 0.05) is 39.4 Å². The lowest BCUT2D eigenvalue weighted by atomic mass is 9.90. The second-order valence-corrected chi connectivity index (χ2v) is 10.9. The summed E-state index contributed by atoms with van der Waals surface area (Å²) in [5.74, 6) is -1.11. The van der Waals surface area contributed by atoms with Gasteiger partial charge in [-0.05, 0) is 71.8 Å². The largest absolute Gasteiger partial charge is 0.488 e. The first kappa shape index (κ1) is 26.2. The minimum Gasteiger partial charge on any atom is -0.488 e. The van der Waals surface area contributed by atoms with E-state index in [1.807, 2.05) is 56.5 Å². The Balaban J connectivity index is 1.63. The van der Waals surface area contributed by atoms with Crippen molar-refractivity contribution in [2.45, 2.75) is 27.4 Å². The van der Waals surface area contributed by atoms with Gasteiger partial charge in [0.15, 0.2) is 0 Å². The number of carboxylic acids is 1. The lowest BCUT2D eigenvalue weighted by Crippen LogP contribution is -2.27. The van der Waals surface area contributed by atoms with Gasteiger partial charge >= 0.3 is 5.97 Å². The summed E-state index contributed by atoms with van der Waals surface area (Å²) in [7, 11) is 0. The molecule has 0 bridgehead atoms. The molecule has 5 rings (SSSR count). The minimum atomic E-state index is -1.20. The SMILES string of the molecule is Cc1ccc(NC(=O)c2cc3c(cc2-c2ccc(C(=O)NCC(C)C)cc2C(=O)O)OCc2ccsc2-3)cc1. The molecule has 39 heavy (non-hydrogen) atoms. The molecule has 8 heteroatoms. The molecule has 0 radical (unpaired) electrons. The molecule has 2 heterocycles. The Kier molecular flexibility index (Phi) is 7.21. The zero-order valence-electron chi connectivity index (χ0n) is 21.8. The number of amides is 2. The molecule has 0 unspecified atom stereocenters. The normalized spacial score (nSPS) is 11.8. The number of thiophene rings is 1. The average molecular weight is 541 g/mol. The third-order valence-electron chi connectivity index (χ3n) is 6.52. The van der Waals surface area contributed by atoms with Gasteiger partial charge in [0.1, 0.15) is 12.4 Å². The minimum absolute atomic E-state index is 0.0795. The van der Waals surface area contributed by atoms with Crippen LogP contribution in [0.4, 0.5) is 5.69 Å². The molecule has 198 valence electrons. The van der Waals surface area contributed by atoms with E-state index < -0.39 is 5.97 Å². The third-order valence-corrected chi connectivity index (χ3v) is 7.51. The number of fused-ring (bicyclic) bond motifs is 3. The maximum Gasteiger partial charge on any atom is 0.336 e. The van der Waals surface area contributed by atoms with Crippen molar-refractivity contribution in [1.29, 1.82) is 0 Å². The highest BCUT2D eigenvalue weighted by atomic mass is 32.1. The van der Waals surface area contributed by atoms with Crippen LogP contribution in [0.15, 0.2) is 66.0 Å². The lowest BCUT2D eigenvalue weighted by Gasteiger charge is -2.22. The van der Waals surface area contributed by atoms with E-state index in [1.165, 1.54) is 6.07 Å². The van der Waals surface area contributed by atoms with Crippen molar-refractivity contribution in [2.75, 3.05) is 11.9 Å². The molecule has 3 N–H and O–H groups in total. The number of rotatable bonds is 7. The van der Waals surface area contributed by atoms with Gasteiger partial charge < -0.3 is 20.5 Å². The van der Waals surface area contributed by atoms with Crippen LogP contribution >= 0.6 is 11.3 Å². The van der Waals surface area contributed by atoms with E-state index >= 15 is 0 Å². The molecule has 2 amide bonds. The molecule has 0 aliphatic carbocycles. The Morgan fingerprint density at radius 3 is 2.41 bits per heavy atom. The van der Waals surface area contributed by atoms with E-state index in [9.17, 15) is 19.5 Å². The van der Waals surface area contributed by atoms with Crippen LogP contribution in [0.3, 0.4) is 0 Å². The van der Waals surface area contributed by atoms with E-state index in [0.717, 1.165) is 21.6 Å². The van der Waals surface area contributed by atoms with E-state index in [0.29, 0.717) is 41.3 Å². The molecule has 7 nitrogen and oxygen atoms in total. The zero-order valence-corrected chi connectivity index (χ0v) is 22.6. The van der Waals surface area contributed by atoms with Gasteiger partial charge in [0.25, 0.3) is 11.8 Å². The fraction of sp³-hybridized carbons (Fsp3) is 0.194. The summed E-state index contributed by atoms with van der Waals surface area (Å²) in [6.45, 7) is 6.78. The van der Waals surface area contributed by atoms with Crippen LogP contribution in [0.1, 0.15) is 56.0 Å². The second kappa shape index (κ2) is 10.7. The van der Waals surface area contributed by atoms with Crippen LogP contribution in [0.2, 0.25) is 0 Å². The van der Waals surface area contributed by atoms with Crippen LogP contribution < -0.4 is 15.4 Å². The van der Waals surface area contributed by atoms with Crippen molar-refractivity contribution in [3.8, 4) is 27.3 Å². The molecular weight excluding hydrogens is 512 g/mol. The molecule has 0 spiro atoms. The number of carbonyl (C=O) groups excluding carboxylic acids is 2. The van der Waals surface area contributed by atoms with E-state index in [2.05, 4.69) is 10.6 Å². The van der Waals surface area contributed by atoms with Gasteiger partial charge in [-0.3, -0.25) is 9.59 Å². The van der Waals surface area contributed by atoms with Crippen molar-refractivity contribution in [2.24, 2.45) is 5.92 Å². The number of hydrogen-bond donors (Lipinski definition) is 3. The van der Waals surface area contributed by atoms with Crippen LogP contribution in [0, 0.1) is 12.8 Å². The van der Waals surface area contributed by atoms with Crippen molar-refractivity contribution >= 4 is 34.8 Å². The number of aromatic carboxylic acids is 1. The second-order valence-electron chi connectivity index (χ2n) is 9.95. The molecule has 0 atom stereocenters. The number of nitrogens with one attached hydrogen (secondary N) is 2. The van der Waals surface area contributed by atoms with E-state index in [-0.39, 0.29) is 28.9 Å². The van der Waals surface area contributed by atoms with Gasteiger partial charge in [-0.25, -0.2) is 4.79 Å². The predicted molar refractivity (Wildman–Crippen MR) is 153 cm³/mol. The van der Waals surface area contributed by atoms with Gasteiger partial charge in [-0.15, -0.1) is 11.3 Å². The molecule has 1 aliphatic heterocycles. The number of hydrogen-bond acceptors (Lipinski definition) is 5. The number of aryl methyl sites for hydroxylation is 1. The van der Waals surface area contributed by atoms with Crippen molar-refractivity contribution in [3.05, 3.63) is 93.9 Å². The van der Waals surface area contributed by atoms with Gasteiger partial charge in [-0.2, -0.15) is 0 Å². The highest BCUT2D eigenvalue weighted by Gasteiger charge is 2.26. The maximum atomic E-state index is 13.7. The summed E-state index contributed by atoms with van der Waals surface area (Å²) in [4.78, 5) is 39.8. The van der Waals surface area contributed by atoms with Crippen molar-refractivity contribution in [1.82, 2.24) is 5.32 Å². The van der Waals surface area contributed by atoms with Gasteiger partial charge in [0.05, 0.1) is 5.56 Å². The van der Waals surface area contributed by atoms with Crippen LogP contribution in [0.5, 0.6) is 5.75 Å². The Bertz CT molecular complexity index is 1590. The molecule has 0 saturated carbocycles. The molecule has 3 aromatic carbocycles. The quantitative estimate of drug-likeness (QED) is 0.244. The van der Waals surface area contributed by atoms with Gasteiger partial charge in [-0.1, -0.05) is 37.6 Å². The summed E-state index contributed by atoms with van der Waals surface area (Å²) in [5.41, 5.74) is 4.69. The zero-order chi connectivity index (χ0) is 27.7. The van der Waals surface area contributed by atoms with Crippen LogP contribution in [-0.2, 0) is 6.61 Å². The Morgan fingerprint density at radius 2 is 1.69 bits per heavy atom. The molecule has 4 aromatic rings. The Morgan fingerprint density at radius 1 is 0.923 bits per heavy atom. The average Bonchev–Trinajstić information content (AvgIpc) is 3.41. The molecule has 1 aliphatic rings. The van der Waals surface area contributed by atoms with E-state index in [4.69, 9.17) is 4.74 Å². The highest BCUT2D eigenvalue weighted by Crippen LogP contribution is 2.44. The van der Waals surface area contributed by atoms with Crippen molar-refractivity contribution < 1.29 is 24.2 Å². The van der Waals surface area contributed by atoms with Crippen LogP contribution in [-0.4, -0.2) is 29.4 Å². The van der Waals surface area contributed by atoms with Gasteiger partial charge in [0.2, 0.25) is 0 Å². The number of benzene rings is 3. The summed E-state index contributed by atoms with van der Waals surface area (Å²) >= 11 is 1.57. The first-order valence-electron chi connectivity index (χ1n) is 12.6. The van der Waals surface area contributed by atoms with E-state index in [1.54, 1.807) is 35.6 Å². The lowest BCUT2D eigenvalue weighted by molar-refractivity contribution is 0.0697. The number of carbonyl (C=O) groups is 3. The first-order valence-corrected chi connectivity index (χ1v) is 13.5. The monoisotopic (exact) mass is 540 g/mol. The Labute approximate surface area is 230 Å². The topological polar surface area (TPSA) is 105 Å². The third kappa shape index (κ3) is 5.42. The summed E-state index contributed by atoms with van der Waals surface area (Å²) in [6.07, 6.45) is 0.